The third kappa shape index (κ3) is 12.3. The minimum absolute atomic E-state index is 0. The summed E-state index contributed by atoms with van der Waals surface area (Å²) in [6.07, 6.45) is 0. The minimum atomic E-state index is 0. The number of hydrogen-bond donors (Lipinski definition) is 3. The molecule has 72 heavy (non-hydrogen) atoms. The summed E-state index contributed by atoms with van der Waals surface area (Å²) in [4.78, 5) is 0. The molecule has 0 saturated heterocycles. The first-order chi connectivity index (χ1) is 34.2. The first-order valence-corrected chi connectivity index (χ1v) is 22.8. The molecule has 0 amide bonds. The van der Waals surface area contributed by atoms with Crippen molar-refractivity contribution in [3.05, 3.63) is 290 Å². The Morgan fingerprint density at radius 2 is 0.375 bits per heavy atom. The van der Waals surface area contributed by atoms with Crippen LogP contribution in [0.5, 0.6) is 0 Å². The lowest BCUT2D eigenvalue weighted by Crippen LogP contribution is -3.00. The SMILES string of the molecule is [Cl-].[Cl-].[Cl-].c1ccc(C2=NN(c3ccccc3)N(c3ccccc3)[NH2+]2)cc1.c1ccc(C2=NN(c3ccccc3)N(c3ccccc3)[NH2+]2)cc1.c1ccc(C2=NN(c3ccccc3)N(c3ccccc3)[NH2+]2)cc1. The van der Waals surface area contributed by atoms with Crippen LogP contribution < -0.4 is 84.2 Å². The molecule has 0 fully saturated rings. The number of para-hydroxylation sites is 6. The monoisotopic (exact) mass is 1010 g/mol. The van der Waals surface area contributed by atoms with Gasteiger partial charge in [-0.15, -0.1) is 30.7 Å². The smallest absolute Gasteiger partial charge is 0.277 e. The molecule has 0 aromatic heterocycles. The Morgan fingerprint density at radius 3 is 0.569 bits per heavy atom. The Kier molecular flexibility index (Phi) is 18.1. The van der Waals surface area contributed by atoms with Gasteiger partial charge in [-0.1, -0.05) is 179 Å². The molecule has 9 aromatic carbocycles. The minimum Gasteiger partial charge on any atom is -1.00 e. The molecule has 0 spiro atoms. The molecule has 3 heterocycles. The van der Waals surface area contributed by atoms with E-state index in [9.17, 15) is 0 Å². The molecule has 12 rings (SSSR count). The summed E-state index contributed by atoms with van der Waals surface area (Å²) in [5, 5.41) is 26.4. The fourth-order valence-corrected chi connectivity index (χ4v) is 7.79. The van der Waals surface area contributed by atoms with Crippen LogP contribution in [-0.2, 0) is 0 Å². The summed E-state index contributed by atoms with van der Waals surface area (Å²) < 4.78 is 0. The summed E-state index contributed by atoms with van der Waals surface area (Å²) in [7, 11) is 0. The molecule has 0 aliphatic carbocycles. The van der Waals surface area contributed by atoms with Gasteiger partial charge in [0.15, 0.2) is 0 Å². The zero-order valence-corrected chi connectivity index (χ0v) is 41.1. The highest BCUT2D eigenvalue weighted by Gasteiger charge is 2.33. The average molecular weight is 1010 g/mol. The number of nitrogens with zero attached hydrogens (tertiary/aromatic N) is 9. The van der Waals surface area contributed by atoms with E-state index >= 15 is 0 Å². The van der Waals surface area contributed by atoms with Gasteiger partial charge in [0.1, 0.15) is 17.1 Å². The van der Waals surface area contributed by atoms with Crippen LogP contribution in [-0.4, -0.2) is 17.5 Å². The molecule has 9 aromatic rings. The Bertz CT molecular complexity index is 2760. The Morgan fingerprint density at radius 1 is 0.208 bits per heavy atom. The molecule has 12 nitrogen and oxygen atoms in total. The predicted octanol–water partition coefficient (Wildman–Crippen LogP) is -0.683. The topological polar surface area (TPSA) is 106 Å². The van der Waals surface area contributed by atoms with E-state index in [1.54, 1.807) is 0 Å². The number of rotatable bonds is 9. The van der Waals surface area contributed by atoms with Crippen molar-refractivity contribution in [1.29, 1.82) is 0 Å². The van der Waals surface area contributed by atoms with Gasteiger partial charge in [0.25, 0.3) is 17.5 Å². The molecular weight excluding hydrogens is 959 g/mol. The number of hydrogen-bond acceptors (Lipinski definition) is 9. The maximum absolute atomic E-state index is 4.81. The van der Waals surface area contributed by atoms with Crippen molar-refractivity contribution in [1.82, 2.24) is 0 Å². The molecule has 0 radical (unpaired) electrons. The lowest BCUT2D eigenvalue weighted by atomic mass is 10.2. The molecule has 360 valence electrons. The molecule has 15 heteroatoms. The number of hydrazine groups is 3. The van der Waals surface area contributed by atoms with Crippen molar-refractivity contribution in [3.63, 3.8) is 0 Å². The van der Waals surface area contributed by atoms with E-state index in [2.05, 4.69) is 141 Å². The number of halogens is 3. The molecule has 0 unspecified atom stereocenters. The van der Waals surface area contributed by atoms with E-state index in [4.69, 9.17) is 15.3 Å². The second kappa shape index (κ2) is 25.4. The molecule has 0 bridgehead atoms. The van der Waals surface area contributed by atoms with Gasteiger partial charge in [-0.3, -0.25) is 0 Å². The average Bonchev–Trinajstić information content (AvgIpc) is 4.23. The van der Waals surface area contributed by atoms with Crippen LogP contribution in [0.25, 0.3) is 0 Å². The standard InChI is InChI=1S/3C19H16N4.3ClH/c3*1-4-10-16(11-5-1)19-20-22(17-12-6-2-7-13-17)23(21-19)18-14-8-3-9-15-18;;;/h3*1-15H,(H,20,21);3*1H. The van der Waals surface area contributed by atoms with E-state index in [0.29, 0.717) is 0 Å². The highest BCUT2D eigenvalue weighted by Crippen LogP contribution is 2.25. The molecular formula is C57H51Cl3N12. The third-order valence-corrected chi connectivity index (χ3v) is 11.2. The Labute approximate surface area is 438 Å². The summed E-state index contributed by atoms with van der Waals surface area (Å²) in [6, 6.07) is 91.9. The van der Waals surface area contributed by atoms with E-state index in [1.807, 2.05) is 179 Å². The number of anilines is 6. The lowest BCUT2D eigenvalue weighted by molar-refractivity contribution is -0.545. The van der Waals surface area contributed by atoms with Gasteiger partial charge in [-0.25, -0.2) is 0 Å². The van der Waals surface area contributed by atoms with Gasteiger partial charge < -0.3 is 37.2 Å². The van der Waals surface area contributed by atoms with Crippen LogP contribution in [0.3, 0.4) is 0 Å². The van der Waals surface area contributed by atoms with Crippen molar-refractivity contribution >= 4 is 51.6 Å². The zero-order chi connectivity index (χ0) is 46.5. The number of benzene rings is 9. The number of amidine groups is 3. The highest BCUT2D eigenvalue weighted by molar-refractivity contribution is 5.95. The molecule has 0 saturated carbocycles. The maximum atomic E-state index is 4.81. The zero-order valence-electron chi connectivity index (χ0n) is 38.9. The quantitative estimate of drug-likeness (QED) is 0.166. The molecule has 6 N–H and O–H groups in total. The van der Waals surface area contributed by atoms with E-state index in [-0.39, 0.29) is 37.2 Å². The summed E-state index contributed by atoms with van der Waals surface area (Å²) in [5.41, 5.74) is 15.8. The molecule has 3 aliphatic heterocycles. The number of quaternary nitrogens is 3. The van der Waals surface area contributed by atoms with Gasteiger partial charge in [0.05, 0.1) is 33.8 Å². The largest absolute Gasteiger partial charge is 1.00 e. The van der Waals surface area contributed by atoms with Crippen LogP contribution in [0.15, 0.2) is 288 Å². The van der Waals surface area contributed by atoms with Gasteiger partial charge >= 0.3 is 0 Å². The summed E-state index contributed by atoms with van der Waals surface area (Å²) in [6.45, 7) is 0. The Balaban J connectivity index is 0.000000155. The number of nitrogens with two attached hydrogens (primary N) is 3. The van der Waals surface area contributed by atoms with Gasteiger partial charge in [-0.05, 0) is 109 Å². The van der Waals surface area contributed by atoms with Gasteiger partial charge in [0.2, 0.25) is 0 Å². The van der Waals surface area contributed by atoms with E-state index in [0.717, 1.165) is 68.3 Å². The molecule has 3 aliphatic rings. The lowest BCUT2D eigenvalue weighted by Gasteiger charge is -2.23. The molecule has 0 atom stereocenters. The van der Waals surface area contributed by atoms with Crippen LogP contribution in [0, 0.1) is 0 Å². The summed E-state index contributed by atoms with van der Waals surface area (Å²) >= 11 is 0. The second-order valence-electron chi connectivity index (χ2n) is 15.9. The van der Waals surface area contributed by atoms with Crippen molar-refractivity contribution in [2.45, 2.75) is 0 Å². The predicted molar refractivity (Wildman–Crippen MR) is 278 cm³/mol. The third-order valence-electron chi connectivity index (χ3n) is 11.2. The van der Waals surface area contributed by atoms with Gasteiger partial charge in [-0.2, -0.15) is 16.3 Å². The van der Waals surface area contributed by atoms with Gasteiger partial charge in [0, 0.05) is 0 Å². The first kappa shape index (κ1) is 51.4. The fourth-order valence-electron chi connectivity index (χ4n) is 7.79. The van der Waals surface area contributed by atoms with Crippen molar-refractivity contribution < 1.29 is 53.5 Å². The first-order valence-electron chi connectivity index (χ1n) is 22.8. The fraction of sp³-hybridized carbons (Fsp3) is 0. The highest BCUT2D eigenvalue weighted by atomic mass is 35.5. The second-order valence-corrected chi connectivity index (χ2v) is 15.9. The maximum Gasteiger partial charge on any atom is 0.277 e. The normalized spacial score (nSPS) is 13.4. The van der Waals surface area contributed by atoms with Crippen molar-refractivity contribution in [2.75, 3.05) is 30.7 Å². The number of hydrazone groups is 3. The summed E-state index contributed by atoms with van der Waals surface area (Å²) in [5.74, 6) is 2.83. The van der Waals surface area contributed by atoms with Crippen LogP contribution in [0.2, 0.25) is 0 Å². The van der Waals surface area contributed by atoms with Crippen LogP contribution in [0.1, 0.15) is 16.7 Å². The Hall–Kier alpha value is -8.46. The van der Waals surface area contributed by atoms with Crippen molar-refractivity contribution in [3.8, 4) is 0 Å². The van der Waals surface area contributed by atoms with Crippen molar-refractivity contribution in [2.24, 2.45) is 15.3 Å². The van der Waals surface area contributed by atoms with Crippen LogP contribution >= 0.6 is 0 Å². The van der Waals surface area contributed by atoms with Crippen LogP contribution in [0.4, 0.5) is 34.1 Å². The van der Waals surface area contributed by atoms with E-state index in [1.165, 1.54) is 0 Å². The van der Waals surface area contributed by atoms with E-state index < -0.39 is 0 Å².